The smallest absolute Gasteiger partial charge is 0.258 e. The highest BCUT2D eigenvalue weighted by atomic mass is 35.5. The fraction of sp³-hybridized carbons (Fsp3) is 0.414. The molecule has 9 nitrogen and oxygen atoms in total. The molecule has 1 aromatic heterocycles. The molecule has 3 fully saturated rings. The number of nitrogens with zero attached hydrogens (tertiary/aromatic N) is 5. The predicted molar refractivity (Wildman–Crippen MR) is 150 cm³/mol. The molecule has 4 heterocycles. The van der Waals surface area contributed by atoms with Gasteiger partial charge in [0.1, 0.15) is 16.5 Å². The second-order valence-electron chi connectivity index (χ2n) is 11.1. The Bertz CT molecular complexity index is 1480. The normalized spacial score (nSPS) is 22.8. The van der Waals surface area contributed by atoms with Gasteiger partial charge in [-0.05, 0) is 56.0 Å². The number of carbonyl (C=O) groups excluding carboxylic acids is 1. The average Bonchev–Trinajstić information content (AvgIpc) is 3.47. The van der Waals surface area contributed by atoms with Crippen LogP contribution in [0.4, 0.5) is 17.3 Å². The van der Waals surface area contributed by atoms with Crippen molar-refractivity contribution in [3.8, 4) is 17.4 Å². The number of ether oxygens (including phenoxy) is 2. The average molecular weight is 547 g/mol. The van der Waals surface area contributed by atoms with E-state index in [0.29, 0.717) is 29.1 Å². The van der Waals surface area contributed by atoms with E-state index in [2.05, 4.69) is 44.3 Å². The number of likely N-dealkylation sites (N-methyl/N-ethyl adjacent to an activating group) is 1. The minimum atomic E-state index is -0.194. The van der Waals surface area contributed by atoms with Gasteiger partial charge < -0.3 is 29.5 Å². The van der Waals surface area contributed by atoms with E-state index in [-0.39, 0.29) is 22.3 Å². The highest BCUT2D eigenvalue weighted by molar-refractivity contribution is 6.31. The van der Waals surface area contributed by atoms with E-state index in [1.54, 1.807) is 13.2 Å². The lowest BCUT2D eigenvalue weighted by molar-refractivity contribution is 0.0753. The Balaban J connectivity index is 1.14. The zero-order valence-corrected chi connectivity index (χ0v) is 23.0. The molecule has 2 saturated heterocycles. The number of halogens is 1. The number of rotatable bonds is 6. The van der Waals surface area contributed by atoms with Crippen LogP contribution in [-0.2, 0) is 5.54 Å². The van der Waals surface area contributed by atoms with Crippen LogP contribution in [0.25, 0.3) is 0 Å². The molecule has 2 unspecified atom stereocenters. The summed E-state index contributed by atoms with van der Waals surface area (Å²) in [5.74, 6) is 2.32. The van der Waals surface area contributed by atoms with Gasteiger partial charge in [0, 0.05) is 44.5 Å². The van der Waals surface area contributed by atoms with Crippen molar-refractivity contribution in [2.45, 2.75) is 30.8 Å². The van der Waals surface area contributed by atoms with Gasteiger partial charge in [0.15, 0.2) is 0 Å². The summed E-state index contributed by atoms with van der Waals surface area (Å²) in [5.41, 5.74) is 3.29. The molecule has 1 N–H and O–H groups in total. The standard InChI is InChI=1S/C29H31ClN6O3/c1-34-15-17-9-12-36(22(17)16-34)18-7-8-21(24(13-18)38-3)32-28-31-14-20(30)26(33-28)39-23-6-4-5-19-25(23)27(37)35(2)29(19)10-11-29/h4-8,13-14,17,22H,9-12,15-16H2,1-3H3,(H,31,32,33). The Morgan fingerprint density at radius 1 is 1.13 bits per heavy atom. The molecular weight excluding hydrogens is 516 g/mol. The third kappa shape index (κ3) is 3.90. The van der Waals surface area contributed by atoms with Gasteiger partial charge in [-0.3, -0.25) is 4.79 Å². The molecule has 1 spiro atoms. The number of fused-ring (bicyclic) bond motifs is 3. The fourth-order valence-electron chi connectivity index (χ4n) is 6.65. The van der Waals surface area contributed by atoms with Crippen molar-refractivity contribution in [3.05, 3.63) is 58.7 Å². The second kappa shape index (κ2) is 8.99. The van der Waals surface area contributed by atoms with Gasteiger partial charge in [-0.15, -0.1) is 0 Å². The SMILES string of the molecule is COc1cc(N2CCC3CN(C)CC32)ccc1Nc1ncc(Cl)c(Oc2cccc3c2C(=O)N(C)C32CC2)n1. The zero-order valence-electron chi connectivity index (χ0n) is 22.3. The van der Waals surface area contributed by atoms with Gasteiger partial charge in [0.05, 0.1) is 30.1 Å². The highest BCUT2D eigenvalue weighted by Crippen LogP contribution is 2.57. The van der Waals surface area contributed by atoms with Crippen LogP contribution in [0.3, 0.4) is 0 Å². The maximum atomic E-state index is 13.1. The van der Waals surface area contributed by atoms with Gasteiger partial charge in [0.25, 0.3) is 5.91 Å². The molecule has 0 bridgehead atoms. The lowest BCUT2D eigenvalue weighted by Crippen LogP contribution is -2.34. The van der Waals surface area contributed by atoms with Crippen molar-refractivity contribution >= 4 is 34.8 Å². The number of amides is 1. The highest BCUT2D eigenvalue weighted by Gasteiger charge is 2.57. The number of benzene rings is 2. The molecule has 1 saturated carbocycles. The first kappa shape index (κ1) is 24.5. The van der Waals surface area contributed by atoms with E-state index in [0.717, 1.165) is 55.3 Å². The molecule has 1 aliphatic carbocycles. The number of hydrogen-bond acceptors (Lipinski definition) is 8. The Labute approximate surface area is 232 Å². The summed E-state index contributed by atoms with van der Waals surface area (Å²) in [6.45, 7) is 3.30. The molecule has 3 aliphatic heterocycles. The third-order valence-corrected chi connectivity index (χ3v) is 9.08. The molecule has 39 heavy (non-hydrogen) atoms. The molecule has 0 radical (unpaired) electrons. The summed E-state index contributed by atoms with van der Waals surface area (Å²) < 4.78 is 11.9. The number of anilines is 3. The summed E-state index contributed by atoms with van der Waals surface area (Å²) in [7, 11) is 5.71. The molecule has 3 aromatic rings. The maximum absolute atomic E-state index is 13.1. The quantitative estimate of drug-likeness (QED) is 0.468. The number of hydrogen-bond donors (Lipinski definition) is 1. The Morgan fingerprint density at radius 3 is 2.77 bits per heavy atom. The monoisotopic (exact) mass is 546 g/mol. The molecule has 1 amide bonds. The van der Waals surface area contributed by atoms with Gasteiger partial charge in [0.2, 0.25) is 11.8 Å². The van der Waals surface area contributed by atoms with Crippen molar-refractivity contribution in [2.75, 3.05) is 51.1 Å². The molecular formula is C29H31ClN6O3. The van der Waals surface area contributed by atoms with E-state index in [9.17, 15) is 4.79 Å². The lowest BCUT2D eigenvalue weighted by Gasteiger charge is -2.27. The van der Waals surface area contributed by atoms with Crippen molar-refractivity contribution in [2.24, 2.45) is 5.92 Å². The lowest BCUT2D eigenvalue weighted by atomic mass is 10.0. The number of likely N-dealkylation sites (tertiary alicyclic amines) is 1. The molecule has 4 aliphatic rings. The van der Waals surface area contributed by atoms with Crippen molar-refractivity contribution < 1.29 is 14.3 Å². The maximum Gasteiger partial charge on any atom is 0.258 e. The van der Waals surface area contributed by atoms with Gasteiger partial charge >= 0.3 is 0 Å². The minimum absolute atomic E-state index is 0.0416. The topological polar surface area (TPSA) is 83.1 Å². The van der Waals surface area contributed by atoms with E-state index in [4.69, 9.17) is 21.1 Å². The summed E-state index contributed by atoms with van der Waals surface area (Å²) in [4.78, 5) is 28.7. The van der Waals surface area contributed by atoms with Crippen LogP contribution in [-0.4, -0.2) is 72.6 Å². The van der Waals surface area contributed by atoms with Gasteiger partial charge in [-0.25, -0.2) is 4.98 Å². The largest absolute Gasteiger partial charge is 0.494 e. The summed E-state index contributed by atoms with van der Waals surface area (Å²) in [6, 6.07) is 12.4. The summed E-state index contributed by atoms with van der Waals surface area (Å²) in [5, 5.41) is 3.51. The van der Waals surface area contributed by atoms with Crippen molar-refractivity contribution in [1.29, 1.82) is 0 Å². The van der Waals surface area contributed by atoms with Crippen LogP contribution in [0.2, 0.25) is 5.02 Å². The van der Waals surface area contributed by atoms with E-state index in [1.807, 2.05) is 30.1 Å². The van der Waals surface area contributed by atoms with Crippen LogP contribution in [0.15, 0.2) is 42.6 Å². The minimum Gasteiger partial charge on any atom is -0.494 e. The van der Waals surface area contributed by atoms with Gasteiger partial charge in [-0.1, -0.05) is 23.7 Å². The fourth-order valence-corrected chi connectivity index (χ4v) is 6.78. The number of aromatic nitrogens is 2. The van der Waals surface area contributed by atoms with Crippen LogP contribution in [0.1, 0.15) is 35.2 Å². The summed E-state index contributed by atoms with van der Waals surface area (Å²) in [6.07, 6.45) is 4.63. The van der Waals surface area contributed by atoms with Crippen molar-refractivity contribution in [1.82, 2.24) is 19.8 Å². The van der Waals surface area contributed by atoms with Crippen LogP contribution in [0.5, 0.6) is 17.4 Å². The second-order valence-corrected chi connectivity index (χ2v) is 11.5. The first-order chi connectivity index (χ1) is 18.9. The molecule has 2 aromatic carbocycles. The molecule has 7 rings (SSSR count). The Morgan fingerprint density at radius 2 is 1.97 bits per heavy atom. The van der Waals surface area contributed by atoms with E-state index >= 15 is 0 Å². The number of nitrogens with one attached hydrogen (secondary N) is 1. The van der Waals surface area contributed by atoms with Gasteiger partial charge in [-0.2, -0.15) is 4.98 Å². The first-order valence-corrected chi connectivity index (χ1v) is 13.8. The summed E-state index contributed by atoms with van der Waals surface area (Å²) >= 11 is 6.43. The first-order valence-electron chi connectivity index (χ1n) is 13.4. The van der Waals surface area contributed by atoms with E-state index < -0.39 is 0 Å². The zero-order chi connectivity index (χ0) is 26.9. The van der Waals surface area contributed by atoms with Crippen LogP contribution < -0.4 is 19.7 Å². The van der Waals surface area contributed by atoms with Crippen molar-refractivity contribution in [3.63, 3.8) is 0 Å². The molecule has 10 heteroatoms. The van der Waals surface area contributed by atoms with E-state index in [1.165, 1.54) is 12.6 Å². The molecule has 202 valence electrons. The van der Waals surface area contributed by atoms with Crippen LogP contribution in [0, 0.1) is 5.92 Å². The Hall–Kier alpha value is -3.56. The third-order valence-electron chi connectivity index (χ3n) is 8.82. The number of carbonyl (C=O) groups is 1. The Kier molecular flexibility index (Phi) is 5.64. The van der Waals surface area contributed by atoms with Crippen LogP contribution >= 0.6 is 11.6 Å². The number of methoxy groups -OCH3 is 1. The molecule has 2 atom stereocenters. The predicted octanol–water partition coefficient (Wildman–Crippen LogP) is 4.89.